The van der Waals surface area contributed by atoms with Gasteiger partial charge in [0.05, 0.1) is 14.2 Å². The molecular formula is C17H23ClN2O4. The Labute approximate surface area is 147 Å². The molecule has 1 unspecified atom stereocenters. The molecule has 0 saturated carbocycles. The molecule has 1 N–H and O–H groups in total. The van der Waals surface area contributed by atoms with Crippen molar-refractivity contribution in [3.05, 3.63) is 23.8 Å². The number of alkyl halides is 1. The van der Waals surface area contributed by atoms with Gasteiger partial charge in [0.15, 0.2) is 11.5 Å². The van der Waals surface area contributed by atoms with Crippen LogP contribution in [0.1, 0.15) is 30.1 Å². The standard InChI is InChI=1S/C17H23ClN2O4/c1-11(18)17(22)20-8-6-13(7-9-20)19-16(21)12-4-5-14(23-2)15(10-12)24-3/h4-5,10-11,13H,6-9H2,1-3H3,(H,19,21). The second-order valence-electron chi connectivity index (χ2n) is 5.76. The van der Waals surface area contributed by atoms with Crippen molar-refractivity contribution in [3.63, 3.8) is 0 Å². The van der Waals surface area contributed by atoms with Gasteiger partial charge < -0.3 is 19.7 Å². The van der Waals surface area contributed by atoms with Gasteiger partial charge in [0, 0.05) is 24.7 Å². The van der Waals surface area contributed by atoms with E-state index in [-0.39, 0.29) is 17.9 Å². The van der Waals surface area contributed by atoms with Crippen LogP contribution in [-0.4, -0.2) is 55.4 Å². The lowest BCUT2D eigenvalue weighted by Gasteiger charge is -2.33. The fraction of sp³-hybridized carbons (Fsp3) is 0.529. The van der Waals surface area contributed by atoms with Crippen molar-refractivity contribution >= 4 is 23.4 Å². The highest BCUT2D eigenvalue weighted by atomic mass is 35.5. The number of piperidine rings is 1. The predicted molar refractivity (Wildman–Crippen MR) is 91.9 cm³/mol. The van der Waals surface area contributed by atoms with Crippen molar-refractivity contribution < 1.29 is 19.1 Å². The van der Waals surface area contributed by atoms with Crippen LogP contribution < -0.4 is 14.8 Å². The summed E-state index contributed by atoms with van der Waals surface area (Å²) in [6, 6.07) is 5.10. The third kappa shape index (κ3) is 4.32. The maximum atomic E-state index is 12.4. The zero-order chi connectivity index (χ0) is 17.7. The zero-order valence-corrected chi connectivity index (χ0v) is 14.9. The zero-order valence-electron chi connectivity index (χ0n) is 14.2. The number of halogens is 1. The largest absolute Gasteiger partial charge is 0.493 e. The number of carbonyl (C=O) groups excluding carboxylic acids is 2. The molecule has 1 aliphatic rings. The first-order valence-electron chi connectivity index (χ1n) is 7.92. The predicted octanol–water partition coefficient (Wildman–Crippen LogP) is 2.05. The minimum Gasteiger partial charge on any atom is -0.493 e. The number of rotatable bonds is 5. The Balaban J connectivity index is 1.93. The van der Waals surface area contributed by atoms with Gasteiger partial charge in [-0.25, -0.2) is 0 Å². The van der Waals surface area contributed by atoms with Gasteiger partial charge in [0.25, 0.3) is 5.91 Å². The normalized spacial score (nSPS) is 16.4. The van der Waals surface area contributed by atoms with Crippen LogP contribution >= 0.6 is 11.6 Å². The Morgan fingerprint density at radius 1 is 1.21 bits per heavy atom. The van der Waals surface area contributed by atoms with Crippen LogP contribution in [0.4, 0.5) is 0 Å². The average Bonchev–Trinajstić information content (AvgIpc) is 2.60. The summed E-state index contributed by atoms with van der Waals surface area (Å²) in [4.78, 5) is 26.0. The van der Waals surface area contributed by atoms with Crippen molar-refractivity contribution in [1.29, 1.82) is 0 Å². The van der Waals surface area contributed by atoms with Crippen LogP contribution in [0.2, 0.25) is 0 Å². The second-order valence-corrected chi connectivity index (χ2v) is 6.41. The van der Waals surface area contributed by atoms with Crippen molar-refractivity contribution in [1.82, 2.24) is 10.2 Å². The van der Waals surface area contributed by atoms with Gasteiger partial charge in [-0.05, 0) is 38.0 Å². The van der Waals surface area contributed by atoms with Crippen LogP contribution in [0.3, 0.4) is 0 Å². The quantitative estimate of drug-likeness (QED) is 0.822. The maximum absolute atomic E-state index is 12.4. The number of nitrogens with one attached hydrogen (secondary N) is 1. The fourth-order valence-electron chi connectivity index (χ4n) is 2.74. The van der Waals surface area contributed by atoms with E-state index in [1.807, 2.05) is 0 Å². The van der Waals surface area contributed by atoms with Crippen molar-refractivity contribution in [2.75, 3.05) is 27.3 Å². The molecule has 0 aromatic heterocycles. The summed E-state index contributed by atoms with van der Waals surface area (Å²) in [5.74, 6) is 0.880. The topological polar surface area (TPSA) is 67.9 Å². The second kappa shape index (κ2) is 8.24. The third-order valence-electron chi connectivity index (χ3n) is 4.13. The van der Waals surface area contributed by atoms with E-state index in [1.165, 1.54) is 7.11 Å². The van der Waals surface area contributed by atoms with Gasteiger partial charge >= 0.3 is 0 Å². The number of methoxy groups -OCH3 is 2. The van der Waals surface area contributed by atoms with Crippen molar-refractivity contribution in [2.45, 2.75) is 31.2 Å². The van der Waals surface area contributed by atoms with Gasteiger partial charge in [-0.15, -0.1) is 11.6 Å². The van der Waals surface area contributed by atoms with Gasteiger partial charge in [0.2, 0.25) is 5.91 Å². The molecule has 7 heteroatoms. The number of ether oxygens (including phenoxy) is 2. The Kier molecular flexibility index (Phi) is 6.31. The van der Waals surface area contributed by atoms with Gasteiger partial charge in [-0.2, -0.15) is 0 Å². The highest BCUT2D eigenvalue weighted by Gasteiger charge is 2.26. The number of carbonyl (C=O) groups is 2. The molecule has 1 aromatic carbocycles. The smallest absolute Gasteiger partial charge is 0.251 e. The summed E-state index contributed by atoms with van der Waals surface area (Å²) in [5, 5.41) is 2.50. The van der Waals surface area contributed by atoms with E-state index in [2.05, 4.69) is 5.32 Å². The van der Waals surface area contributed by atoms with E-state index in [1.54, 1.807) is 37.1 Å². The molecule has 1 aromatic rings. The van der Waals surface area contributed by atoms with Gasteiger partial charge in [-0.1, -0.05) is 0 Å². The lowest BCUT2D eigenvalue weighted by atomic mass is 10.0. The number of hydrogen-bond acceptors (Lipinski definition) is 4. The van der Waals surface area contributed by atoms with Crippen LogP contribution in [0, 0.1) is 0 Å². The summed E-state index contributed by atoms with van der Waals surface area (Å²) in [7, 11) is 3.08. The van der Waals surface area contributed by atoms with Crippen LogP contribution in [0.25, 0.3) is 0 Å². The Bertz CT molecular complexity index is 598. The molecule has 0 aliphatic carbocycles. The summed E-state index contributed by atoms with van der Waals surface area (Å²) in [6.07, 6.45) is 1.43. The highest BCUT2D eigenvalue weighted by molar-refractivity contribution is 6.30. The molecule has 2 rings (SSSR count). The molecule has 1 heterocycles. The van der Waals surface area contributed by atoms with Crippen LogP contribution in [-0.2, 0) is 4.79 Å². The molecule has 24 heavy (non-hydrogen) atoms. The molecule has 1 aliphatic heterocycles. The molecular weight excluding hydrogens is 332 g/mol. The monoisotopic (exact) mass is 354 g/mol. The molecule has 0 bridgehead atoms. The first-order chi connectivity index (χ1) is 11.5. The first kappa shape index (κ1) is 18.4. The number of benzene rings is 1. The highest BCUT2D eigenvalue weighted by Crippen LogP contribution is 2.27. The minimum absolute atomic E-state index is 0.0419. The Hall–Kier alpha value is -1.95. The van der Waals surface area contributed by atoms with E-state index in [0.29, 0.717) is 43.0 Å². The third-order valence-corrected chi connectivity index (χ3v) is 4.31. The Morgan fingerprint density at radius 2 is 1.83 bits per heavy atom. The van der Waals surface area contributed by atoms with Crippen molar-refractivity contribution in [2.24, 2.45) is 0 Å². The van der Waals surface area contributed by atoms with E-state index in [9.17, 15) is 9.59 Å². The van der Waals surface area contributed by atoms with E-state index in [4.69, 9.17) is 21.1 Å². The van der Waals surface area contributed by atoms with E-state index < -0.39 is 5.38 Å². The number of amides is 2. The lowest BCUT2D eigenvalue weighted by molar-refractivity contribution is -0.131. The Morgan fingerprint density at radius 3 is 2.38 bits per heavy atom. The molecule has 0 radical (unpaired) electrons. The average molecular weight is 355 g/mol. The number of nitrogens with zero attached hydrogens (tertiary/aromatic N) is 1. The fourth-order valence-corrected chi connectivity index (χ4v) is 2.88. The molecule has 1 atom stereocenters. The van der Waals surface area contributed by atoms with E-state index >= 15 is 0 Å². The lowest BCUT2D eigenvalue weighted by Crippen LogP contribution is -2.48. The SMILES string of the molecule is COc1ccc(C(=O)NC2CCN(C(=O)C(C)Cl)CC2)cc1OC. The van der Waals surface area contributed by atoms with E-state index in [0.717, 1.165) is 0 Å². The summed E-state index contributed by atoms with van der Waals surface area (Å²) in [6.45, 7) is 2.88. The van der Waals surface area contributed by atoms with Crippen molar-refractivity contribution in [3.8, 4) is 11.5 Å². The number of likely N-dealkylation sites (tertiary alicyclic amines) is 1. The summed E-state index contributed by atoms with van der Waals surface area (Å²) in [5.41, 5.74) is 0.514. The maximum Gasteiger partial charge on any atom is 0.251 e. The molecule has 132 valence electrons. The first-order valence-corrected chi connectivity index (χ1v) is 8.35. The van der Waals surface area contributed by atoms with Gasteiger partial charge in [-0.3, -0.25) is 9.59 Å². The van der Waals surface area contributed by atoms with Crippen LogP contribution in [0.5, 0.6) is 11.5 Å². The summed E-state index contributed by atoms with van der Waals surface area (Å²) >= 11 is 5.83. The molecule has 1 saturated heterocycles. The molecule has 6 nitrogen and oxygen atoms in total. The number of hydrogen-bond donors (Lipinski definition) is 1. The molecule has 0 spiro atoms. The minimum atomic E-state index is -0.511. The van der Waals surface area contributed by atoms with Crippen LogP contribution in [0.15, 0.2) is 18.2 Å². The summed E-state index contributed by atoms with van der Waals surface area (Å²) < 4.78 is 10.4. The van der Waals surface area contributed by atoms with Gasteiger partial charge in [0.1, 0.15) is 5.38 Å². The molecule has 2 amide bonds. The molecule has 1 fully saturated rings.